The molecule has 0 spiro atoms. The van der Waals surface area contributed by atoms with Crippen LogP contribution in [0.3, 0.4) is 0 Å². The third kappa shape index (κ3) is 3.34. The minimum absolute atomic E-state index is 0.0728. The zero-order chi connectivity index (χ0) is 14.1. The molecule has 0 aliphatic rings. The highest BCUT2D eigenvalue weighted by molar-refractivity contribution is 7.89. The summed E-state index contributed by atoms with van der Waals surface area (Å²) >= 11 is 5.69. The highest BCUT2D eigenvalue weighted by atomic mass is 35.5. The molecule has 0 aliphatic carbocycles. The number of hydrogen-bond acceptors (Lipinski definition) is 3. The van der Waals surface area contributed by atoms with Gasteiger partial charge in [0.05, 0.1) is 5.69 Å². The molecule has 0 radical (unpaired) electrons. The number of benzene rings is 1. The number of rotatable bonds is 4. The van der Waals surface area contributed by atoms with Crippen LogP contribution in [0.25, 0.3) is 0 Å². The number of anilines is 1. The molecular formula is C11H16ClFN2O2S. The summed E-state index contributed by atoms with van der Waals surface area (Å²) in [7, 11) is -4.00. The summed E-state index contributed by atoms with van der Waals surface area (Å²) in [6.45, 7) is 5.23. The fourth-order valence-corrected chi connectivity index (χ4v) is 3.18. The van der Waals surface area contributed by atoms with Gasteiger partial charge in [-0.1, -0.05) is 18.5 Å². The molecule has 1 aromatic carbocycles. The summed E-state index contributed by atoms with van der Waals surface area (Å²) in [4.78, 5) is -0.533. The number of nitrogen functional groups attached to an aromatic ring is 1. The lowest BCUT2D eigenvalue weighted by atomic mass is 10.0. The standard InChI is InChI=1S/C11H16ClFN2O2S/c1-4-11(2,3)15-18(16,17)9-6-7(12)5-8(14)10(9)13/h5-6,15H,4,14H2,1-3H3. The van der Waals surface area contributed by atoms with Gasteiger partial charge in [-0.05, 0) is 32.4 Å². The quantitative estimate of drug-likeness (QED) is 0.838. The van der Waals surface area contributed by atoms with Crippen LogP contribution in [-0.2, 0) is 10.0 Å². The first-order chi connectivity index (χ1) is 8.09. The summed E-state index contributed by atoms with van der Waals surface area (Å²) in [6.07, 6.45) is 0.559. The summed E-state index contributed by atoms with van der Waals surface area (Å²) in [5, 5.41) is 0.0728. The van der Waals surface area contributed by atoms with Crippen LogP contribution in [0.15, 0.2) is 17.0 Å². The maximum atomic E-state index is 13.8. The van der Waals surface area contributed by atoms with E-state index in [2.05, 4.69) is 4.72 Å². The van der Waals surface area contributed by atoms with E-state index in [1.807, 2.05) is 6.92 Å². The molecule has 0 saturated carbocycles. The van der Waals surface area contributed by atoms with E-state index < -0.39 is 26.3 Å². The lowest BCUT2D eigenvalue weighted by Gasteiger charge is -2.24. The first-order valence-corrected chi connectivity index (χ1v) is 7.23. The monoisotopic (exact) mass is 294 g/mol. The number of hydrogen-bond donors (Lipinski definition) is 2. The first-order valence-electron chi connectivity index (χ1n) is 5.37. The summed E-state index contributed by atoms with van der Waals surface area (Å²) < 4.78 is 40.3. The Bertz CT molecular complexity index is 558. The van der Waals surface area contributed by atoms with Crippen molar-refractivity contribution in [1.29, 1.82) is 0 Å². The molecule has 1 rings (SSSR count). The van der Waals surface area contributed by atoms with Crippen LogP contribution in [0, 0.1) is 5.82 Å². The number of halogens is 2. The van der Waals surface area contributed by atoms with Crippen LogP contribution in [0.2, 0.25) is 5.02 Å². The Balaban J connectivity index is 3.30. The number of nitrogens with two attached hydrogens (primary N) is 1. The van der Waals surface area contributed by atoms with Crippen LogP contribution in [0.4, 0.5) is 10.1 Å². The molecule has 0 aliphatic heterocycles. The average Bonchev–Trinajstić information content (AvgIpc) is 2.21. The van der Waals surface area contributed by atoms with E-state index in [4.69, 9.17) is 17.3 Å². The van der Waals surface area contributed by atoms with Crippen molar-refractivity contribution in [2.45, 2.75) is 37.6 Å². The largest absolute Gasteiger partial charge is 0.396 e. The normalized spacial score (nSPS) is 12.7. The number of sulfonamides is 1. The van der Waals surface area contributed by atoms with Gasteiger partial charge < -0.3 is 5.73 Å². The van der Waals surface area contributed by atoms with Crippen LogP contribution in [-0.4, -0.2) is 14.0 Å². The summed E-state index contributed by atoms with van der Waals surface area (Å²) in [5.74, 6) is -0.987. The topological polar surface area (TPSA) is 72.2 Å². The van der Waals surface area contributed by atoms with Crippen molar-refractivity contribution >= 4 is 27.3 Å². The van der Waals surface area contributed by atoms with Crippen LogP contribution in [0.5, 0.6) is 0 Å². The van der Waals surface area contributed by atoms with Gasteiger partial charge in [0, 0.05) is 10.6 Å². The molecule has 0 saturated heterocycles. The van der Waals surface area contributed by atoms with Gasteiger partial charge in [-0.15, -0.1) is 0 Å². The molecule has 18 heavy (non-hydrogen) atoms. The molecule has 7 heteroatoms. The third-order valence-corrected chi connectivity index (χ3v) is 4.53. The van der Waals surface area contributed by atoms with Gasteiger partial charge >= 0.3 is 0 Å². The fourth-order valence-electron chi connectivity index (χ4n) is 1.27. The molecule has 0 atom stereocenters. The van der Waals surface area contributed by atoms with Crippen molar-refractivity contribution in [2.24, 2.45) is 0 Å². The van der Waals surface area contributed by atoms with Crippen molar-refractivity contribution in [3.63, 3.8) is 0 Å². The van der Waals surface area contributed by atoms with E-state index in [0.717, 1.165) is 6.07 Å². The summed E-state index contributed by atoms with van der Waals surface area (Å²) in [5.41, 5.74) is 4.39. The zero-order valence-corrected chi connectivity index (χ0v) is 12.0. The molecule has 0 bridgehead atoms. The minimum atomic E-state index is -4.00. The van der Waals surface area contributed by atoms with Crippen molar-refractivity contribution in [3.8, 4) is 0 Å². The maximum Gasteiger partial charge on any atom is 0.244 e. The maximum absolute atomic E-state index is 13.8. The van der Waals surface area contributed by atoms with Gasteiger partial charge in [-0.25, -0.2) is 17.5 Å². The fraction of sp³-hybridized carbons (Fsp3) is 0.455. The lowest BCUT2D eigenvalue weighted by Crippen LogP contribution is -2.43. The van der Waals surface area contributed by atoms with Crippen LogP contribution < -0.4 is 10.5 Å². The van der Waals surface area contributed by atoms with E-state index in [9.17, 15) is 12.8 Å². The third-order valence-electron chi connectivity index (χ3n) is 2.62. The van der Waals surface area contributed by atoms with Crippen LogP contribution >= 0.6 is 11.6 Å². The second-order valence-electron chi connectivity index (χ2n) is 4.65. The first kappa shape index (κ1) is 15.2. The van der Waals surface area contributed by atoms with E-state index >= 15 is 0 Å². The van der Waals surface area contributed by atoms with Gasteiger partial charge in [-0.2, -0.15) is 0 Å². The molecule has 102 valence electrons. The Morgan fingerprint density at radius 2 is 2.00 bits per heavy atom. The molecule has 3 N–H and O–H groups in total. The highest BCUT2D eigenvalue weighted by Crippen LogP contribution is 2.26. The predicted octanol–water partition coefficient (Wildman–Crippen LogP) is 2.53. The second-order valence-corrected chi connectivity index (χ2v) is 6.74. The molecular weight excluding hydrogens is 279 g/mol. The van der Waals surface area contributed by atoms with E-state index in [-0.39, 0.29) is 10.7 Å². The van der Waals surface area contributed by atoms with Crippen molar-refractivity contribution in [2.75, 3.05) is 5.73 Å². The summed E-state index contributed by atoms with van der Waals surface area (Å²) in [6, 6.07) is 2.21. The zero-order valence-electron chi connectivity index (χ0n) is 10.4. The Kier molecular flexibility index (Phi) is 4.25. The Labute approximate surface area is 111 Å². The SMILES string of the molecule is CCC(C)(C)NS(=O)(=O)c1cc(Cl)cc(N)c1F. The Hall–Kier alpha value is -0.850. The van der Waals surface area contributed by atoms with E-state index in [1.165, 1.54) is 6.07 Å². The van der Waals surface area contributed by atoms with Gasteiger partial charge in [0.2, 0.25) is 10.0 Å². The van der Waals surface area contributed by atoms with Crippen molar-refractivity contribution in [3.05, 3.63) is 23.0 Å². The van der Waals surface area contributed by atoms with Crippen molar-refractivity contribution < 1.29 is 12.8 Å². The smallest absolute Gasteiger partial charge is 0.244 e. The van der Waals surface area contributed by atoms with Crippen LogP contribution in [0.1, 0.15) is 27.2 Å². The molecule has 0 unspecified atom stereocenters. The predicted molar refractivity (Wildman–Crippen MR) is 70.5 cm³/mol. The van der Waals surface area contributed by atoms with Gasteiger partial charge in [0.25, 0.3) is 0 Å². The average molecular weight is 295 g/mol. The highest BCUT2D eigenvalue weighted by Gasteiger charge is 2.28. The van der Waals surface area contributed by atoms with Gasteiger partial charge in [0.15, 0.2) is 5.82 Å². The minimum Gasteiger partial charge on any atom is -0.396 e. The van der Waals surface area contributed by atoms with E-state index in [1.54, 1.807) is 13.8 Å². The molecule has 0 amide bonds. The van der Waals surface area contributed by atoms with Crippen molar-refractivity contribution in [1.82, 2.24) is 4.72 Å². The second kappa shape index (κ2) is 5.03. The molecule has 4 nitrogen and oxygen atoms in total. The van der Waals surface area contributed by atoms with E-state index in [0.29, 0.717) is 6.42 Å². The molecule has 0 fully saturated rings. The van der Waals surface area contributed by atoms with Gasteiger partial charge in [-0.3, -0.25) is 0 Å². The van der Waals surface area contributed by atoms with Gasteiger partial charge in [0.1, 0.15) is 4.90 Å². The molecule has 0 aromatic heterocycles. The number of nitrogens with one attached hydrogen (secondary N) is 1. The Morgan fingerprint density at radius 1 is 1.44 bits per heavy atom. The molecule has 0 heterocycles. The lowest BCUT2D eigenvalue weighted by molar-refractivity contribution is 0.437. The molecule has 1 aromatic rings. The Morgan fingerprint density at radius 3 is 2.50 bits per heavy atom.